The fraction of sp³-hybridized carbons (Fsp3) is 0.435. The molecular weight excluding hydrogens is 380 g/mol. The second-order valence-electron chi connectivity index (χ2n) is 8.59. The van der Waals surface area contributed by atoms with Gasteiger partial charge in [0, 0.05) is 6.04 Å². The Balaban J connectivity index is 2.45. The van der Waals surface area contributed by atoms with Crippen LogP contribution >= 0.6 is 0 Å². The first-order valence-corrected chi connectivity index (χ1v) is 12.0. The Morgan fingerprint density at radius 1 is 0.966 bits per heavy atom. The predicted molar refractivity (Wildman–Crippen MR) is 121 cm³/mol. The van der Waals surface area contributed by atoms with Crippen molar-refractivity contribution in [2.24, 2.45) is 11.5 Å². The van der Waals surface area contributed by atoms with Crippen LogP contribution in [0.5, 0.6) is 0 Å². The zero-order valence-corrected chi connectivity index (χ0v) is 18.9. The van der Waals surface area contributed by atoms with Crippen molar-refractivity contribution in [3.63, 3.8) is 0 Å². The summed E-state index contributed by atoms with van der Waals surface area (Å²) in [7, 11) is -2.68. The first-order chi connectivity index (χ1) is 13.7. The monoisotopic (exact) mass is 414 g/mol. The molecule has 29 heavy (non-hydrogen) atoms. The van der Waals surface area contributed by atoms with Crippen LogP contribution in [-0.4, -0.2) is 33.2 Å². The molecule has 0 bridgehead atoms. The molecule has 2 atom stereocenters. The molecule has 158 valence electrons. The number of ether oxygens (including phenoxy) is 1. The van der Waals surface area contributed by atoms with E-state index >= 15 is 0 Å². The molecule has 0 aliphatic carbocycles. The van der Waals surface area contributed by atoms with E-state index in [1.54, 1.807) is 0 Å². The fourth-order valence-corrected chi connectivity index (χ4v) is 8.36. The number of hydrogen-bond acceptors (Lipinski definition) is 4. The van der Waals surface area contributed by atoms with Crippen LogP contribution in [0.3, 0.4) is 0 Å². The maximum absolute atomic E-state index is 11.4. The number of rotatable bonds is 9. The molecular formula is C23H34N2O3Si. The maximum atomic E-state index is 11.4. The van der Waals surface area contributed by atoms with Gasteiger partial charge in [0.15, 0.2) is 0 Å². The number of carbonyl (C=O) groups excluding carboxylic acids is 1. The molecule has 2 unspecified atom stereocenters. The molecule has 4 N–H and O–H groups in total. The van der Waals surface area contributed by atoms with Crippen LogP contribution in [0.4, 0.5) is 4.79 Å². The molecule has 2 aromatic rings. The van der Waals surface area contributed by atoms with Gasteiger partial charge in [0.2, 0.25) is 0 Å². The summed E-state index contributed by atoms with van der Waals surface area (Å²) < 4.78 is 12.2. The van der Waals surface area contributed by atoms with E-state index in [4.69, 9.17) is 20.6 Å². The van der Waals surface area contributed by atoms with E-state index < -0.39 is 20.5 Å². The summed E-state index contributed by atoms with van der Waals surface area (Å²) in [5.74, 6) is 0. The minimum atomic E-state index is -2.68. The normalized spacial score (nSPS) is 14.2. The SMILES string of the molecule is CC(N)CCC(CO[Si](c1ccccc1)(c1ccccc1)C(C)(C)C)OC(N)=O. The molecule has 0 aliphatic rings. The van der Waals surface area contributed by atoms with Crippen LogP contribution in [-0.2, 0) is 9.16 Å². The van der Waals surface area contributed by atoms with Crippen molar-refractivity contribution in [1.82, 2.24) is 0 Å². The van der Waals surface area contributed by atoms with Gasteiger partial charge in [0.25, 0.3) is 8.32 Å². The van der Waals surface area contributed by atoms with Gasteiger partial charge >= 0.3 is 6.09 Å². The van der Waals surface area contributed by atoms with Crippen molar-refractivity contribution in [3.8, 4) is 0 Å². The van der Waals surface area contributed by atoms with Gasteiger partial charge in [-0.25, -0.2) is 4.79 Å². The Labute approximate surface area is 175 Å². The molecule has 0 saturated carbocycles. The van der Waals surface area contributed by atoms with Gasteiger partial charge in [-0.2, -0.15) is 0 Å². The van der Waals surface area contributed by atoms with Gasteiger partial charge in [0.1, 0.15) is 6.10 Å². The van der Waals surface area contributed by atoms with Crippen LogP contribution in [0.15, 0.2) is 60.7 Å². The summed E-state index contributed by atoms with van der Waals surface area (Å²) in [6.45, 7) is 8.86. The smallest absolute Gasteiger partial charge is 0.404 e. The van der Waals surface area contributed by atoms with E-state index in [1.807, 2.05) is 43.3 Å². The summed E-state index contributed by atoms with van der Waals surface area (Å²) in [6, 6.07) is 20.8. The Morgan fingerprint density at radius 3 is 1.83 bits per heavy atom. The maximum Gasteiger partial charge on any atom is 0.404 e. The van der Waals surface area contributed by atoms with Crippen molar-refractivity contribution in [3.05, 3.63) is 60.7 Å². The van der Waals surface area contributed by atoms with Crippen molar-refractivity contribution < 1.29 is 14.0 Å². The lowest BCUT2D eigenvalue weighted by Gasteiger charge is -2.43. The number of hydrogen-bond donors (Lipinski definition) is 2. The Bertz CT molecular complexity index is 721. The number of nitrogens with two attached hydrogens (primary N) is 2. The molecule has 0 saturated heterocycles. The molecule has 0 radical (unpaired) electrons. The summed E-state index contributed by atoms with van der Waals surface area (Å²) in [4.78, 5) is 11.4. The van der Waals surface area contributed by atoms with Crippen molar-refractivity contribution in [1.29, 1.82) is 0 Å². The predicted octanol–water partition coefficient (Wildman–Crippen LogP) is 3.15. The van der Waals surface area contributed by atoms with Crippen LogP contribution in [0.2, 0.25) is 5.04 Å². The Kier molecular flexibility index (Phi) is 8.02. The third-order valence-corrected chi connectivity index (χ3v) is 10.1. The highest BCUT2D eigenvalue weighted by molar-refractivity contribution is 6.99. The highest BCUT2D eigenvalue weighted by Crippen LogP contribution is 2.37. The van der Waals surface area contributed by atoms with E-state index in [-0.39, 0.29) is 17.7 Å². The highest BCUT2D eigenvalue weighted by atomic mass is 28.4. The summed E-state index contributed by atoms with van der Waals surface area (Å²) in [6.07, 6.45) is 0.117. The molecule has 2 aromatic carbocycles. The number of primary amides is 1. The number of amides is 1. The second-order valence-corrected chi connectivity index (χ2v) is 12.9. The quantitative estimate of drug-likeness (QED) is 0.617. The second kappa shape index (κ2) is 10.0. The minimum absolute atomic E-state index is 0.0156. The molecule has 6 heteroatoms. The third kappa shape index (κ3) is 5.92. The van der Waals surface area contributed by atoms with E-state index in [0.29, 0.717) is 6.42 Å². The van der Waals surface area contributed by atoms with Crippen LogP contribution in [0, 0.1) is 0 Å². The molecule has 1 amide bonds. The zero-order chi connectivity index (χ0) is 21.5. The Hall–Kier alpha value is -2.15. The summed E-state index contributed by atoms with van der Waals surface area (Å²) in [5, 5.41) is 2.22. The average Bonchev–Trinajstić information content (AvgIpc) is 2.66. The molecule has 5 nitrogen and oxygen atoms in total. The van der Waals surface area contributed by atoms with E-state index in [2.05, 4.69) is 45.0 Å². The molecule has 0 spiro atoms. The lowest BCUT2D eigenvalue weighted by Crippen LogP contribution is -2.67. The van der Waals surface area contributed by atoms with E-state index in [9.17, 15) is 4.79 Å². The first-order valence-electron chi connectivity index (χ1n) is 10.1. The van der Waals surface area contributed by atoms with Crippen molar-refractivity contribution in [2.45, 2.75) is 57.7 Å². The highest BCUT2D eigenvalue weighted by Gasteiger charge is 2.50. The Morgan fingerprint density at radius 2 is 1.45 bits per heavy atom. The number of benzene rings is 2. The molecule has 0 fully saturated rings. The summed E-state index contributed by atoms with van der Waals surface area (Å²) >= 11 is 0. The van der Waals surface area contributed by atoms with E-state index in [0.717, 1.165) is 6.42 Å². The zero-order valence-electron chi connectivity index (χ0n) is 17.9. The van der Waals surface area contributed by atoms with Crippen molar-refractivity contribution in [2.75, 3.05) is 6.61 Å². The van der Waals surface area contributed by atoms with Crippen LogP contribution < -0.4 is 21.8 Å². The largest absolute Gasteiger partial charge is 0.444 e. The topological polar surface area (TPSA) is 87.6 Å². The van der Waals surface area contributed by atoms with Gasteiger partial charge in [-0.1, -0.05) is 81.4 Å². The molecule has 0 aromatic heterocycles. The molecule has 0 aliphatic heterocycles. The minimum Gasteiger partial charge on any atom is -0.444 e. The lowest BCUT2D eigenvalue weighted by molar-refractivity contribution is 0.0614. The molecule has 0 heterocycles. The van der Waals surface area contributed by atoms with Gasteiger partial charge in [-0.3, -0.25) is 0 Å². The van der Waals surface area contributed by atoms with Gasteiger partial charge in [0.05, 0.1) is 6.61 Å². The number of carbonyl (C=O) groups is 1. The summed E-state index contributed by atoms with van der Waals surface area (Å²) in [5.41, 5.74) is 11.2. The molecule has 2 rings (SSSR count). The fourth-order valence-electron chi connectivity index (χ4n) is 3.77. The third-order valence-electron chi connectivity index (χ3n) is 5.13. The lowest BCUT2D eigenvalue weighted by atomic mass is 10.1. The van der Waals surface area contributed by atoms with Gasteiger partial charge < -0.3 is 20.6 Å². The average molecular weight is 415 g/mol. The van der Waals surface area contributed by atoms with Gasteiger partial charge in [-0.05, 0) is 35.2 Å². The first kappa shape index (κ1) is 23.1. The van der Waals surface area contributed by atoms with Crippen LogP contribution in [0.25, 0.3) is 0 Å². The van der Waals surface area contributed by atoms with Crippen LogP contribution in [0.1, 0.15) is 40.5 Å². The van der Waals surface area contributed by atoms with Gasteiger partial charge in [-0.15, -0.1) is 0 Å². The van der Waals surface area contributed by atoms with Crippen molar-refractivity contribution >= 4 is 24.8 Å². The standard InChI is InChI=1S/C23H34N2O3Si/c1-18(24)15-16-19(28-22(25)26)17-27-29(23(2,3)4,20-11-7-5-8-12-20)21-13-9-6-10-14-21/h5-14,18-19H,15-17,24H2,1-4H3,(H2,25,26). The van der Waals surface area contributed by atoms with E-state index in [1.165, 1.54) is 10.4 Å².